The Hall–Kier alpha value is -3.64. The molecule has 1 amide bonds. The second-order valence-electron chi connectivity index (χ2n) is 6.50. The van der Waals surface area contributed by atoms with Gasteiger partial charge >= 0.3 is 0 Å². The summed E-state index contributed by atoms with van der Waals surface area (Å²) in [5.74, 6) is 1.04. The van der Waals surface area contributed by atoms with Crippen molar-refractivity contribution in [2.24, 2.45) is 0 Å². The lowest BCUT2D eigenvalue weighted by molar-refractivity contribution is 0.102. The molecule has 0 saturated heterocycles. The number of benzene rings is 3. The molecular formula is C24H20N2O3S. The maximum absolute atomic E-state index is 12.4. The van der Waals surface area contributed by atoms with Crippen molar-refractivity contribution in [3.05, 3.63) is 95.5 Å². The highest BCUT2D eigenvalue weighted by molar-refractivity contribution is 7.13. The molecule has 5 nitrogen and oxygen atoms in total. The Morgan fingerprint density at radius 3 is 2.43 bits per heavy atom. The number of methoxy groups -OCH3 is 1. The summed E-state index contributed by atoms with van der Waals surface area (Å²) in [5, 5.41) is 5.33. The number of nitrogens with one attached hydrogen (secondary N) is 1. The van der Waals surface area contributed by atoms with Gasteiger partial charge in [-0.1, -0.05) is 48.5 Å². The summed E-state index contributed by atoms with van der Waals surface area (Å²) in [6, 6.07) is 24.9. The number of ether oxygens (including phenoxy) is 2. The van der Waals surface area contributed by atoms with Gasteiger partial charge in [-0.2, -0.15) is 0 Å². The topological polar surface area (TPSA) is 60.5 Å². The molecule has 0 unspecified atom stereocenters. The van der Waals surface area contributed by atoms with Gasteiger partial charge in [-0.3, -0.25) is 4.79 Å². The maximum Gasteiger partial charge on any atom is 0.275 e. The second kappa shape index (κ2) is 9.24. The molecule has 150 valence electrons. The standard InChI is InChI=1S/C24H20N2O3S/c1-28-22-14-18(12-13-21(22)29-15-17-8-4-2-5-9-17)24-26-20(16-30-24)23(27)25-19-10-6-3-7-11-19/h2-14,16H,15H2,1H3,(H,25,27). The van der Waals surface area contributed by atoms with E-state index in [1.807, 2.05) is 78.9 Å². The molecule has 0 saturated carbocycles. The quantitative estimate of drug-likeness (QED) is 0.423. The van der Waals surface area contributed by atoms with E-state index in [-0.39, 0.29) is 5.91 Å². The van der Waals surface area contributed by atoms with Gasteiger partial charge in [0.05, 0.1) is 7.11 Å². The van der Waals surface area contributed by atoms with E-state index in [0.29, 0.717) is 23.8 Å². The number of rotatable bonds is 7. The third-order valence-electron chi connectivity index (χ3n) is 4.42. The largest absolute Gasteiger partial charge is 0.493 e. The Bertz CT molecular complexity index is 1130. The highest BCUT2D eigenvalue weighted by Crippen LogP contribution is 2.34. The highest BCUT2D eigenvalue weighted by Gasteiger charge is 2.14. The zero-order valence-corrected chi connectivity index (χ0v) is 17.2. The van der Waals surface area contributed by atoms with Gasteiger partial charge < -0.3 is 14.8 Å². The molecule has 0 atom stereocenters. The van der Waals surface area contributed by atoms with Crippen molar-refractivity contribution in [2.45, 2.75) is 6.61 Å². The zero-order valence-electron chi connectivity index (χ0n) is 16.4. The fourth-order valence-electron chi connectivity index (χ4n) is 2.88. The van der Waals surface area contributed by atoms with Crippen LogP contribution in [0.3, 0.4) is 0 Å². The molecule has 6 heteroatoms. The fraction of sp³-hybridized carbons (Fsp3) is 0.0833. The van der Waals surface area contributed by atoms with Crippen molar-refractivity contribution in [1.82, 2.24) is 4.98 Å². The lowest BCUT2D eigenvalue weighted by Crippen LogP contribution is -2.12. The molecule has 1 aromatic heterocycles. The molecule has 3 aromatic carbocycles. The predicted molar refractivity (Wildman–Crippen MR) is 119 cm³/mol. The fourth-order valence-corrected chi connectivity index (χ4v) is 3.68. The Morgan fingerprint density at radius 1 is 0.967 bits per heavy atom. The highest BCUT2D eigenvalue weighted by atomic mass is 32.1. The number of carbonyl (C=O) groups excluding carboxylic acids is 1. The normalized spacial score (nSPS) is 10.4. The smallest absolute Gasteiger partial charge is 0.275 e. The summed E-state index contributed by atoms with van der Waals surface area (Å²) in [4.78, 5) is 16.9. The van der Waals surface area contributed by atoms with Crippen LogP contribution in [0.25, 0.3) is 10.6 Å². The van der Waals surface area contributed by atoms with E-state index in [9.17, 15) is 4.79 Å². The number of aromatic nitrogens is 1. The first-order valence-corrected chi connectivity index (χ1v) is 10.3. The SMILES string of the molecule is COc1cc(-c2nc(C(=O)Nc3ccccc3)cs2)ccc1OCc1ccccc1. The number of hydrogen-bond acceptors (Lipinski definition) is 5. The number of thiazole rings is 1. The van der Waals surface area contributed by atoms with Crippen LogP contribution >= 0.6 is 11.3 Å². The van der Waals surface area contributed by atoms with E-state index >= 15 is 0 Å². The van der Waals surface area contributed by atoms with E-state index in [1.54, 1.807) is 12.5 Å². The number of carbonyl (C=O) groups is 1. The molecule has 1 heterocycles. The lowest BCUT2D eigenvalue weighted by atomic mass is 10.2. The van der Waals surface area contributed by atoms with E-state index in [1.165, 1.54) is 11.3 Å². The van der Waals surface area contributed by atoms with Crippen molar-refractivity contribution in [3.8, 4) is 22.1 Å². The number of nitrogens with zero attached hydrogens (tertiary/aromatic N) is 1. The number of hydrogen-bond donors (Lipinski definition) is 1. The summed E-state index contributed by atoms with van der Waals surface area (Å²) in [6.07, 6.45) is 0. The van der Waals surface area contributed by atoms with Crippen LogP contribution in [0.5, 0.6) is 11.5 Å². The first kappa shape index (κ1) is 19.7. The number of anilines is 1. The van der Waals surface area contributed by atoms with E-state index < -0.39 is 0 Å². The van der Waals surface area contributed by atoms with Crippen molar-refractivity contribution in [2.75, 3.05) is 12.4 Å². The van der Waals surface area contributed by atoms with Gasteiger partial charge in [0.15, 0.2) is 11.5 Å². The van der Waals surface area contributed by atoms with Crippen LogP contribution in [0.1, 0.15) is 16.1 Å². The van der Waals surface area contributed by atoms with Crippen LogP contribution < -0.4 is 14.8 Å². The van der Waals surface area contributed by atoms with Gasteiger partial charge in [0.25, 0.3) is 5.91 Å². The first-order chi connectivity index (χ1) is 14.7. The number of para-hydroxylation sites is 1. The Kier molecular flexibility index (Phi) is 6.06. The van der Waals surface area contributed by atoms with Crippen molar-refractivity contribution >= 4 is 22.9 Å². The minimum atomic E-state index is -0.238. The van der Waals surface area contributed by atoms with Crippen molar-refractivity contribution in [3.63, 3.8) is 0 Å². The van der Waals surface area contributed by atoms with Gasteiger partial charge in [0.1, 0.15) is 17.3 Å². The van der Waals surface area contributed by atoms with Crippen molar-refractivity contribution in [1.29, 1.82) is 0 Å². The lowest BCUT2D eigenvalue weighted by Gasteiger charge is -2.11. The van der Waals surface area contributed by atoms with Crippen LogP contribution in [0.15, 0.2) is 84.2 Å². The average molecular weight is 417 g/mol. The molecule has 0 radical (unpaired) electrons. The molecule has 30 heavy (non-hydrogen) atoms. The molecule has 0 aliphatic carbocycles. The molecule has 0 spiro atoms. The third-order valence-corrected chi connectivity index (χ3v) is 5.31. The Balaban J connectivity index is 1.48. The summed E-state index contributed by atoms with van der Waals surface area (Å²) < 4.78 is 11.4. The molecule has 0 fully saturated rings. The van der Waals surface area contributed by atoms with E-state index in [0.717, 1.165) is 21.8 Å². The van der Waals surface area contributed by atoms with Gasteiger partial charge in [0.2, 0.25) is 0 Å². The maximum atomic E-state index is 12.4. The monoisotopic (exact) mass is 416 g/mol. The minimum absolute atomic E-state index is 0.238. The zero-order chi connectivity index (χ0) is 20.8. The number of amides is 1. The summed E-state index contributed by atoms with van der Waals surface area (Å²) in [7, 11) is 1.61. The second-order valence-corrected chi connectivity index (χ2v) is 7.36. The van der Waals surface area contributed by atoms with Crippen molar-refractivity contribution < 1.29 is 14.3 Å². The van der Waals surface area contributed by atoms with Crippen LogP contribution in [0.4, 0.5) is 5.69 Å². The summed E-state index contributed by atoms with van der Waals surface area (Å²) in [5.41, 5.74) is 3.06. The van der Waals surface area contributed by atoms with Crippen LogP contribution in [0, 0.1) is 0 Å². The van der Waals surface area contributed by atoms with E-state index in [4.69, 9.17) is 9.47 Å². The van der Waals surface area contributed by atoms with Gasteiger partial charge in [-0.25, -0.2) is 4.98 Å². The third kappa shape index (κ3) is 4.67. The van der Waals surface area contributed by atoms with Gasteiger partial charge in [-0.05, 0) is 35.9 Å². The summed E-state index contributed by atoms with van der Waals surface area (Å²) in [6.45, 7) is 0.456. The molecule has 0 bridgehead atoms. The molecular weight excluding hydrogens is 396 g/mol. The molecule has 0 aliphatic rings. The summed E-state index contributed by atoms with van der Waals surface area (Å²) >= 11 is 1.41. The average Bonchev–Trinajstić information content (AvgIpc) is 3.29. The Morgan fingerprint density at radius 2 is 1.70 bits per heavy atom. The van der Waals surface area contributed by atoms with Crippen LogP contribution in [0.2, 0.25) is 0 Å². The van der Waals surface area contributed by atoms with Crippen LogP contribution in [-0.4, -0.2) is 18.0 Å². The molecule has 4 aromatic rings. The molecule has 1 N–H and O–H groups in total. The van der Waals surface area contributed by atoms with Crippen LogP contribution in [-0.2, 0) is 6.61 Å². The molecule has 0 aliphatic heterocycles. The molecule has 4 rings (SSSR count). The van der Waals surface area contributed by atoms with Gasteiger partial charge in [-0.15, -0.1) is 11.3 Å². The predicted octanol–water partition coefficient (Wildman–Crippen LogP) is 5.65. The minimum Gasteiger partial charge on any atom is -0.493 e. The van der Waals surface area contributed by atoms with Gasteiger partial charge in [0, 0.05) is 16.6 Å². The first-order valence-electron chi connectivity index (χ1n) is 9.40. The van der Waals surface area contributed by atoms with E-state index in [2.05, 4.69) is 10.3 Å². The Labute approximate surface area is 178 Å².